The average molecular weight is 314 g/mol. The number of anilines is 1. The molecule has 2 rings (SSSR count). The fourth-order valence-corrected chi connectivity index (χ4v) is 4.04. The second-order valence-electron chi connectivity index (χ2n) is 4.79. The fourth-order valence-electron chi connectivity index (χ4n) is 2.23. The lowest BCUT2D eigenvalue weighted by atomic mass is 10.2. The van der Waals surface area contributed by atoms with Crippen molar-refractivity contribution in [2.75, 3.05) is 32.6 Å². The van der Waals surface area contributed by atoms with E-state index < -0.39 is 16.0 Å². The first-order valence-electron chi connectivity index (χ1n) is 6.45. The molecule has 1 aliphatic rings. The Labute approximate surface area is 123 Å². The van der Waals surface area contributed by atoms with Gasteiger partial charge in [-0.1, -0.05) is 0 Å². The van der Waals surface area contributed by atoms with Crippen LogP contribution < -0.4 is 5.73 Å². The van der Waals surface area contributed by atoms with Gasteiger partial charge in [-0.3, -0.25) is 0 Å². The van der Waals surface area contributed by atoms with Gasteiger partial charge in [0, 0.05) is 18.3 Å². The Morgan fingerprint density at radius 3 is 2.81 bits per heavy atom. The van der Waals surface area contributed by atoms with Crippen LogP contribution >= 0.6 is 0 Å². The van der Waals surface area contributed by atoms with Gasteiger partial charge in [0.2, 0.25) is 10.0 Å². The first-order chi connectivity index (χ1) is 9.87. The van der Waals surface area contributed by atoms with Crippen molar-refractivity contribution in [3.8, 4) is 0 Å². The average Bonchev–Trinajstić information content (AvgIpc) is 2.46. The van der Waals surface area contributed by atoms with Gasteiger partial charge in [0.15, 0.2) is 0 Å². The number of nitrogen functional groups attached to an aromatic ring is 1. The maximum absolute atomic E-state index is 12.8. The highest BCUT2D eigenvalue weighted by Gasteiger charge is 2.34. The van der Waals surface area contributed by atoms with E-state index in [-0.39, 0.29) is 28.7 Å². The van der Waals surface area contributed by atoms with Crippen LogP contribution in [0.2, 0.25) is 0 Å². The molecule has 0 amide bonds. The largest absolute Gasteiger partial charge is 0.465 e. The summed E-state index contributed by atoms with van der Waals surface area (Å²) in [7, 11) is -2.65. The first kappa shape index (κ1) is 15.7. The van der Waals surface area contributed by atoms with Gasteiger partial charge in [0.1, 0.15) is 0 Å². The summed E-state index contributed by atoms with van der Waals surface area (Å²) in [6, 6.07) is 3.80. The maximum atomic E-state index is 12.8. The number of morpholine rings is 1. The highest BCUT2D eigenvalue weighted by molar-refractivity contribution is 7.89. The topological polar surface area (TPSA) is 98.9 Å². The molecule has 0 aromatic heterocycles. The molecule has 0 saturated carbocycles. The number of benzene rings is 1. The molecule has 1 fully saturated rings. The molecular weight excluding hydrogens is 296 g/mol. The van der Waals surface area contributed by atoms with Gasteiger partial charge >= 0.3 is 5.97 Å². The van der Waals surface area contributed by atoms with Crippen molar-refractivity contribution >= 4 is 21.7 Å². The molecule has 8 heteroatoms. The number of sulfonamides is 1. The van der Waals surface area contributed by atoms with E-state index in [1.807, 2.05) is 0 Å². The van der Waals surface area contributed by atoms with E-state index in [1.165, 1.54) is 29.6 Å². The molecule has 116 valence electrons. The molecule has 1 saturated heterocycles. The number of esters is 1. The fraction of sp³-hybridized carbons (Fsp3) is 0.462. The summed E-state index contributed by atoms with van der Waals surface area (Å²) in [4.78, 5) is 11.6. The molecule has 0 radical (unpaired) electrons. The SMILES string of the molecule is COC(=O)c1ccc(N)cc1S(=O)(=O)N1CCOC[C@H]1C. The van der Waals surface area contributed by atoms with Crippen LogP contribution in [0.4, 0.5) is 5.69 Å². The predicted octanol–water partition coefficient (Wildman–Crippen LogP) is 0.465. The summed E-state index contributed by atoms with van der Waals surface area (Å²) in [5, 5.41) is 0. The standard InChI is InChI=1S/C13H18N2O5S/c1-9-8-20-6-5-15(9)21(17,18)12-7-10(14)3-4-11(12)13(16)19-2/h3-4,7,9H,5-6,8,14H2,1-2H3/t9-/m1/s1. The minimum atomic E-state index is -3.85. The highest BCUT2D eigenvalue weighted by atomic mass is 32.2. The van der Waals surface area contributed by atoms with Crippen molar-refractivity contribution in [1.82, 2.24) is 4.31 Å². The van der Waals surface area contributed by atoms with Crippen molar-refractivity contribution < 1.29 is 22.7 Å². The third-order valence-corrected chi connectivity index (χ3v) is 5.36. The highest BCUT2D eigenvalue weighted by Crippen LogP contribution is 2.26. The van der Waals surface area contributed by atoms with Crippen LogP contribution in [-0.4, -0.2) is 51.6 Å². The van der Waals surface area contributed by atoms with Crippen LogP contribution in [0, 0.1) is 0 Å². The molecular formula is C13H18N2O5S. The number of nitrogens with two attached hydrogens (primary N) is 1. The molecule has 0 spiro atoms. The molecule has 1 heterocycles. The van der Waals surface area contributed by atoms with Crippen molar-refractivity contribution in [1.29, 1.82) is 0 Å². The smallest absolute Gasteiger partial charge is 0.339 e. The molecule has 0 aliphatic carbocycles. The van der Waals surface area contributed by atoms with E-state index >= 15 is 0 Å². The maximum Gasteiger partial charge on any atom is 0.339 e. The van der Waals surface area contributed by atoms with E-state index in [1.54, 1.807) is 6.92 Å². The molecule has 1 aromatic rings. The van der Waals surface area contributed by atoms with Crippen LogP contribution in [0.1, 0.15) is 17.3 Å². The van der Waals surface area contributed by atoms with E-state index in [0.29, 0.717) is 13.2 Å². The zero-order valence-electron chi connectivity index (χ0n) is 11.9. The molecule has 1 aliphatic heterocycles. The summed E-state index contributed by atoms with van der Waals surface area (Å²) >= 11 is 0. The number of hydrogen-bond acceptors (Lipinski definition) is 6. The predicted molar refractivity (Wildman–Crippen MR) is 76.4 cm³/mol. The normalized spacial score (nSPS) is 20.2. The lowest BCUT2D eigenvalue weighted by Crippen LogP contribution is -2.47. The Hall–Kier alpha value is -1.64. The van der Waals surface area contributed by atoms with Gasteiger partial charge < -0.3 is 15.2 Å². The lowest BCUT2D eigenvalue weighted by Gasteiger charge is -2.32. The monoisotopic (exact) mass is 314 g/mol. The molecule has 1 atom stereocenters. The van der Waals surface area contributed by atoms with Crippen LogP contribution in [0.25, 0.3) is 0 Å². The zero-order valence-corrected chi connectivity index (χ0v) is 12.7. The van der Waals surface area contributed by atoms with Crippen LogP contribution in [-0.2, 0) is 19.5 Å². The Bertz CT molecular complexity index is 644. The number of methoxy groups -OCH3 is 1. The molecule has 21 heavy (non-hydrogen) atoms. The van der Waals surface area contributed by atoms with Crippen LogP contribution in [0.3, 0.4) is 0 Å². The van der Waals surface area contributed by atoms with Crippen molar-refractivity contribution in [3.63, 3.8) is 0 Å². The van der Waals surface area contributed by atoms with Crippen molar-refractivity contribution in [2.24, 2.45) is 0 Å². The van der Waals surface area contributed by atoms with Gasteiger partial charge in [0.05, 0.1) is 30.8 Å². The molecule has 0 bridgehead atoms. The van der Waals surface area contributed by atoms with Crippen molar-refractivity contribution in [2.45, 2.75) is 17.9 Å². The van der Waals surface area contributed by atoms with Gasteiger partial charge in [0.25, 0.3) is 0 Å². The number of rotatable bonds is 3. The Morgan fingerprint density at radius 2 is 2.19 bits per heavy atom. The molecule has 0 unspecified atom stereocenters. The Balaban J connectivity index is 2.53. The van der Waals surface area contributed by atoms with E-state index in [0.717, 1.165) is 0 Å². The third kappa shape index (κ3) is 3.02. The summed E-state index contributed by atoms with van der Waals surface area (Å²) < 4.78 is 36.8. The Kier molecular flexibility index (Phi) is 4.50. The minimum absolute atomic E-state index is 0.0228. The number of hydrogen-bond donors (Lipinski definition) is 1. The zero-order chi connectivity index (χ0) is 15.6. The van der Waals surface area contributed by atoms with Gasteiger partial charge in [-0.25, -0.2) is 13.2 Å². The van der Waals surface area contributed by atoms with Crippen LogP contribution in [0.5, 0.6) is 0 Å². The van der Waals surface area contributed by atoms with Crippen molar-refractivity contribution in [3.05, 3.63) is 23.8 Å². The number of nitrogens with zero attached hydrogens (tertiary/aromatic N) is 1. The van der Waals surface area contributed by atoms with Gasteiger partial charge in [-0.05, 0) is 25.1 Å². The quantitative estimate of drug-likeness (QED) is 0.643. The second kappa shape index (κ2) is 6.00. The molecule has 7 nitrogen and oxygen atoms in total. The summed E-state index contributed by atoms with van der Waals surface area (Å²) in [6.07, 6.45) is 0. The number of ether oxygens (including phenoxy) is 2. The van der Waals surface area contributed by atoms with Crippen LogP contribution in [0.15, 0.2) is 23.1 Å². The summed E-state index contributed by atoms with van der Waals surface area (Å²) in [6.45, 7) is 2.62. The van der Waals surface area contributed by atoms with E-state index in [9.17, 15) is 13.2 Å². The lowest BCUT2D eigenvalue weighted by molar-refractivity contribution is 0.0391. The van der Waals surface area contributed by atoms with E-state index in [4.69, 9.17) is 10.5 Å². The van der Waals surface area contributed by atoms with Gasteiger partial charge in [-0.15, -0.1) is 0 Å². The number of carbonyl (C=O) groups excluding carboxylic acids is 1. The van der Waals surface area contributed by atoms with Gasteiger partial charge in [-0.2, -0.15) is 4.31 Å². The Morgan fingerprint density at radius 1 is 1.48 bits per heavy atom. The number of carbonyl (C=O) groups is 1. The van der Waals surface area contributed by atoms with E-state index in [2.05, 4.69) is 4.74 Å². The second-order valence-corrected chi connectivity index (χ2v) is 6.65. The molecule has 2 N–H and O–H groups in total. The summed E-state index contributed by atoms with van der Waals surface area (Å²) in [5.74, 6) is -0.713. The minimum Gasteiger partial charge on any atom is -0.465 e. The summed E-state index contributed by atoms with van der Waals surface area (Å²) in [5.41, 5.74) is 5.91. The third-order valence-electron chi connectivity index (χ3n) is 3.30. The first-order valence-corrected chi connectivity index (χ1v) is 7.89. The molecule has 1 aromatic carbocycles.